The third kappa shape index (κ3) is 8.46. The van der Waals surface area contributed by atoms with Gasteiger partial charge >= 0.3 is 0 Å². The quantitative estimate of drug-likeness (QED) is 0.159. The first-order chi connectivity index (χ1) is 36.5. The second-order valence-electron chi connectivity index (χ2n) is 29.9. The van der Waals surface area contributed by atoms with Crippen molar-refractivity contribution in [2.45, 2.75) is 188 Å². The summed E-state index contributed by atoms with van der Waals surface area (Å²) in [5.41, 5.74) is 24.9. The summed E-state index contributed by atoms with van der Waals surface area (Å²) in [7, 11) is 0. The first kappa shape index (κ1) is 52.8. The minimum Gasteiger partial charge on any atom is -0.310 e. The average Bonchev–Trinajstić information content (AvgIpc) is 2.28. The summed E-state index contributed by atoms with van der Waals surface area (Å²) in [4.78, 5) is 5.37. The molecular weight excluding hydrogens is 960 g/mol. The van der Waals surface area contributed by atoms with Crippen molar-refractivity contribution in [1.82, 2.24) is 0 Å². The summed E-state index contributed by atoms with van der Waals surface area (Å²) in [5.74, 6) is 0.237. The van der Waals surface area contributed by atoms with E-state index in [0.717, 1.165) is 6.42 Å². The Morgan fingerprint density at radius 2 is 1.08 bits per heavy atom. The van der Waals surface area contributed by atoms with Crippen LogP contribution in [0.1, 0.15) is 200 Å². The predicted molar refractivity (Wildman–Crippen MR) is 342 cm³/mol. The van der Waals surface area contributed by atoms with Gasteiger partial charge in [-0.15, -0.1) is 11.3 Å². The van der Waals surface area contributed by atoms with Gasteiger partial charge in [0.05, 0.1) is 11.4 Å². The van der Waals surface area contributed by atoms with E-state index in [2.05, 4.69) is 278 Å². The Morgan fingerprint density at radius 1 is 0.526 bits per heavy atom. The van der Waals surface area contributed by atoms with Crippen molar-refractivity contribution in [2.75, 3.05) is 9.80 Å². The van der Waals surface area contributed by atoms with Crippen LogP contribution in [0.15, 0.2) is 140 Å². The summed E-state index contributed by atoms with van der Waals surface area (Å²) in [6.07, 6.45) is 6.23. The molecule has 0 spiro atoms. The third-order valence-electron chi connectivity index (χ3n) is 19.5. The molecule has 4 heteroatoms. The molecule has 8 aromatic rings. The molecule has 0 saturated heterocycles. The molecule has 1 saturated carbocycles. The maximum absolute atomic E-state index is 2.77. The summed E-state index contributed by atoms with van der Waals surface area (Å²) < 4.78 is 2.84. The number of anilines is 6. The van der Waals surface area contributed by atoms with Crippen LogP contribution in [-0.2, 0) is 32.5 Å². The molecule has 78 heavy (non-hydrogen) atoms. The molecule has 1 aromatic heterocycles. The summed E-state index contributed by atoms with van der Waals surface area (Å²) in [5, 5.41) is 1.33. The molecule has 1 fully saturated rings. The molecular formula is C74H85BN2S. The molecule has 2 nitrogen and oxygen atoms in total. The van der Waals surface area contributed by atoms with E-state index in [1.54, 1.807) is 16.6 Å². The second kappa shape index (κ2) is 17.8. The monoisotopic (exact) mass is 1040 g/mol. The third-order valence-corrected chi connectivity index (χ3v) is 20.7. The average molecular weight is 1050 g/mol. The highest BCUT2D eigenvalue weighted by Crippen LogP contribution is 2.63. The van der Waals surface area contributed by atoms with Crippen LogP contribution in [0.3, 0.4) is 0 Å². The van der Waals surface area contributed by atoms with Crippen molar-refractivity contribution < 1.29 is 0 Å². The van der Waals surface area contributed by atoms with Crippen LogP contribution in [-0.4, -0.2) is 6.71 Å². The van der Waals surface area contributed by atoms with Gasteiger partial charge in [0.2, 0.25) is 0 Å². The molecule has 2 aliphatic heterocycles. The molecule has 0 radical (unpaired) electrons. The van der Waals surface area contributed by atoms with Gasteiger partial charge in [-0.25, -0.2) is 0 Å². The van der Waals surface area contributed by atoms with Crippen LogP contribution in [0.25, 0.3) is 21.2 Å². The van der Waals surface area contributed by atoms with E-state index in [1.807, 2.05) is 0 Å². The lowest BCUT2D eigenvalue weighted by molar-refractivity contribution is 0.0602. The molecule has 3 atom stereocenters. The van der Waals surface area contributed by atoms with Crippen LogP contribution >= 0.6 is 11.3 Å². The highest BCUT2D eigenvalue weighted by molar-refractivity contribution is 7.33. The van der Waals surface area contributed by atoms with E-state index in [0.29, 0.717) is 0 Å². The van der Waals surface area contributed by atoms with Crippen molar-refractivity contribution >= 4 is 78.0 Å². The standard InChI is InChI=1S/C74H85BN2S/c1-68(2,3)47-25-31-52(32-26-47)76(53-33-27-48(28-34-53)69(4,5)6)54-43-57-58-45-73(16)37-21-22-38-74(73,17)59-40-51(72(13,14)15)41-60(64(58)59)75-65(57)62(44-54)77(66-55-35-29-50(71(10,11)12)42-63(55)78-67(66)75)61-36-30-49(70(7,8)9)39-56(61)46-23-19-18-20-24-46/h18-20,23-36,39-44,58H,21-22,37-38,45H2,1-17H3. The van der Waals surface area contributed by atoms with Crippen LogP contribution in [0, 0.1) is 5.41 Å². The molecule has 0 N–H and O–H groups in total. The topological polar surface area (TPSA) is 6.48 Å². The fraction of sp³-hybridized carbons (Fsp3) is 0.405. The molecule has 12 rings (SSSR count). The normalized spacial score (nSPS) is 20.0. The van der Waals surface area contributed by atoms with Crippen LogP contribution in [0.5, 0.6) is 0 Å². The zero-order valence-corrected chi connectivity index (χ0v) is 51.1. The molecule has 3 unspecified atom stereocenters. The number of benzene rings is 7. The molecule has 3 heterocycles. The van der Waals surface area contributed by atoms with E-state index in [-0.39, 0.29) is 50.5 Å². The number of thiophene rings is 1. The Labute approximate surface area is 473 Å². The summed E-state index contributed by atoms with van der Waals surface area (Å²) >= 11 is 2.07. The van der Waals surface area contributed by atoms with Gasteiger partial charge in [0.25, 0.3) is 6.71 Å². The number of nitrogens with zero attached hydrogens (tertiary/aromatic N) is 2. The molecule has 2 aliphatic carbocycles. The van der Waals surface area contributed by atoms with Gasteiger partial charge < -0.3 is 9.80 Å². The fourth-order valence-electron chi connectivity index (χ4n) is 14.4. The molecule has 0 bridgehead atoms. The number of hydrogen-bond acceptors (Lipinski definition) is 3. The largest absolute Gasteiger partial charge is 0.310 e. The predicted octanol–water partition coefficient (Wildman–Crippen LogP) is 19.5. The van der Waals surface area contributed by atoms with Crippen molar-refractivity contribution in [3.63, 3.8) is 0 Å². The van der Waals surface area contributed by atoms with E-state index >= 15 is 0 Å². The minimum atomic E-state index is -0.0415. The van der Waals surface area contributed by atoms with E-state index in [9.17, 15) is 0 Å². The SMILES string of the molecule is CC(C)(C)c1ccc(N(c2ccc(C(C)(C)C)cc2)c2cc3c4c(c2)N(c2ccc(C(C)(C)C)cc2-c2ccccc2)c2c(sc5cc(C(C)(C)C)ccc25)B4c2cc(C(C)(C)C)cc4c2C3CC2(C)CCCCC42C)cc1. The Bertz CT molecular complexity index is 3600. The Hall–Kier alpha value is -5.84. The van der Waals surface area contributed by atoms with E-state index < -0.39 is 0 Å². The molecule has 400 valence electrons. The first-order valence-electron chi connectivity index (χ1n) is 29.5. The first-order valence-corrected chi connectivity index (χ1v) is 30.3. The highest BCUT2D eigenvalue weighted by Gasteiger charge is 2.57. The van der Waals surface area contributed by atoms with Crippen molar-refractivity contribution in [3.05, 3.63) is 184 Å². The van der Waals surface area contributed by atoms with Gasteiger partial charge in [0.1, 0.15) is 0 Å². The Morgan fingerprint density at radius 3 is 1.67 bits per heavy atom. The van der Waals surface area contributed by atoms with Gasteiger partial charge in [-0.2, -0.15) is 0 Å². The van der Waals surface area contributed by atoms with Gasteiger partial charge in [-0.05, 0) is 167 Å². The molecule has 7 aromatic carbocycles. The second-order valence-corrected chi connectivity index (χ2v) is 31.0. The Balaban J connectivity index is 1.25. The van der Waals surface area contributed by atoms with Crippen molar-refractivity contribution in [2.24, 2.45) is 5.41 Å². The van der Waals surface area contributed by atoms with Crippen molar-refractivity contribution in [3.8, 4) is 11.1 Å². The van der Waals surface area contributed by atoms with Gasteiger partial charge in [0, 0.05) is 49.1 Å². The highest BCUT2D eigenvalue weighted by atomic mass is 32.1. The fourth-order valence-corrected chi connectivity index (χ4v) is 15.8. The van der Waals surface area contributed by atoms with E-state index in [4.69, 9.17) is 0 Å². The lowest BCUT2D eigenvalue weighted by Gasteiger charge is -2.58. The molecule has 0 amide bonds. The maximum atomic E-state index is 2.77. The van der Waals surface area contributed by atoms with Crippen LogP contribution in [0.4, 0.5) is 34.1 Å². The zero-order chi connectivity index (χ0) is 55.4. The van der Waals surface area contributed by atoms with Gasteiger partial charge in [-0.1, -0.05) is 221 Å². The summed E-state index contributed by atoms with van der Waals surface area (Å²) in [6.45, 7) is 40.9. The maximum Gasteiger partial charge on any atom is 0.260 e. The molecule has 4 aliphatic rings. The van der Waals surface area contributed by atoms with Gasteiger partial charge in [0.15, 0.2) is 0 Å². The smallest absolute Gasteiger partial charge is 0.260 e. The number of rotatable bonds is 5. The van der Waals surface area contributed by atoms with Crippen molar-refractivity contribution in [1.29, 1.82) is 0 Å². The Kier molecular flexibility index (Phi) is 12.1. The van der Waals surface area contributed by atoms with E-state index in [1.165, 1.54) is 125 Å². The lowest BCUT2D eigenvalue weighted by Crippen LogP contribution is -2.63. The van der Waals surface area contributed by atoms with Gasteiger partial charge in [-0.3, -0.25) is 0 Å². The van der Waals surface area contributed by atoms with Crippen LogP contribution < -0.4 is 25.5 Å². The lowest BCUT2D eigenvalue weighted by atomic mass is 9.31. The minimum absolute atomic E-state index is 0.00651. The summed E-state index contributed by atoms with van der Waals surface area (Å²) in [6, 6.07) is 55.9. The number of hydrogen-bond donors (Lipinski definition) is 0. The van der Waals surface area contributed by atoms with Crippen LogP contribution in [0.2, 0.25) is 0 Å². The zero-order valence-electron chi connectivity index (χ0n) is 50.3. The number of fused-ring (bicyclic) bond motifs is 8.